The molecule has 2 bridgehead atoms. The molecule has 4 fully saturated rings. The molecular formula is C17H30N2. The van der Waals surface area contributed by atoms with Gasteiger partial charge in [0.25, 0.3) is 0 Å². The maximum atomic E-state index is 6.16. The molecule has 0 saturated heterocycles. The Labute approximate surface area is 117 Å². The predicted octanol–water partition coefficient (Wildman–Crippen LogP) is 2.92. The number of rotatable bonds is 4. The number of hydrogen-bond donors (Lipinski definition) is 2. The van der Waals surface area contributed by atoms with Crippen LogP contribution < -0.4 is 11.1 Å². The first-order valence-corrected chi connectivity index (χ1v) is 8.76. The quantitative estimate of drug-likeness (QED) is 0.765. The van der Waals surface area contributed by atoms with Crippen LogP contribution in [0.15, 0.2) is 0 Å². The van der Waals surface area contributed by atoms with Gasteiger partial charge in [0.1, 0.15) is 0 Å². The summed E-state index contributed by atoms with van der Waals surface area (Å²) in [4.78, 5) is 0. The normalized spacial score (nSPS) is 46.9. The van der Waals surface area contributed by atoms with Crippen LogP contribution in [0.4, 0.5) is 0 Å². The van der Waals surface area contributed by atoms with E-state index in [0.29, 0.717) is 5.41 Å². The monoisotopic (exact) mass is 262 g/mol. The second-order valence-corrected chi connectivity index (χ2v) is 8.01. The highest BCUT2D eigenvalue weighted by Gasteiger charge is 2.64. The van der Waals surface area contributed by atoms with Crippen molar-refractivity contribution in [2.24, 2.45) is 34.8 Å². The lowest BCUT2D eigenvalue weighted by Crippen LogP contribution is -2.42. The van der Waals surface area contributed by atoms with Crippen molar-refractivity contribution in [3.05, 3.63) is 0 Å². The van der Waals surface area contributed by atoms with Crippen molar-refractivity contribution in [2.75, 3.05) is 13.1 Å². The van der Waals surface area contributed by atoms with Gasteiger partial charge >= 0.3 is 0 Å². The summed E-state index contributed by atoms with van der Waals surface area (Å²) in [5, 5.41) is 3.97. The summed E-state index contributed by atoms with van der Waals surface area (Å²) in [5.74, 6) is 4.32. The highest BCUT2D eigenvalue weighted by molar-refractivity contribution is 5.17. The second kappa shape index (κ2) is 4.73. The molecule has 4 aliphatic rings. The summed E-state index contributed by atoms with van der Waals surface area (Å²) < 4.78 is 0. The predicted molar refractivity (Wildman–Crippen MR) is 78.8 cm³/mol. The van der Waals surface area contributed by atoms with Crippen LogP contribution in [0.2, 0.25) is 0 Å². The Kier molecular flexibility index (Phi) is 3.15. The van der Waals surface area contributed by atoms with Crippen LogP contribution in [-0.4, -0.2) is 19.1 Å². The smallest absolute Gasteiger partial charge is 0.0136 e. The van der Waals surface area contributed by atoms with Gasteiger partial charge in [-0.2, -0.15) is 0 Å². The van der Waals surface area contributed by atoms with E-state index >= 15 is 0 Å². The van der Waals surface area contributed by atoms with Crippen LogP contribution in [0.5, 0.6) is 0 Å². The van der Waals surface area contributed by atoms with Crippen molar-refractivity contribution >= 4 is 0 Å². The van der Waals surface area contributed by atoms with Gasteiger partial charge in [0.05, 0.1) is 0 Å². The fourth-order valence-corrected chi connectivity index (χ4v) is 5.86. The van der Waals surface area contributed by atoms with E-state index in [2.05, 4.69) is 5.32 Å². The lowest BCUT2D eigenvalue weighted by Gasteiger charge is -2.32. The molecule has 2 nitrogen and oxygen atoms in total. The minimum atomic E-state index is 0.437. The van der Waals surface area contributed by atoms with Gasteiger partial charge in [-0.25, -0.2) is 0 Å². The summed E-state index contributed by atoms with van der Waals surface area (Å²) in [6.45, 7) is 2.11. The Morgan fingerprint density at radius 2 is 1.58 bits per heavy atom. The number of hydrogen-bond acceptors (Lipinski definition) is 2. The van der Waals surface area contributed by atoms with E-state index in [1.54, 1.807) is 6.42 Å². The van der Waals surface area contributed by atoms with Crippen molar-refractivity contribution in [3.8, 4) is 0 Å². The number of fused-ring (bicyclic) bond motifs is 5. The fourth-order valence-electron chi connectivity index (χ4n) is 5.86. The van der Waals surface area contributed by atoms with E-state index in [4.69, 9.17) is 5.73 Å². The van der Waals surface area contributed by atoms with Crippen LogP contribution in [0.1, 0.15) is 57.8 Å². The molecule has 4 unspecified atom stereocenters. The molecule has 3 N–H and O–H groups in total. The zero-order valence-electron chi connectivity index (χ0n) is 12.2. The van der Waals surface area contributed by atoms with E-state index in [9.17, 15) is 0 Å². The summed E-state index contributed by atoms with van der Waals surface area (Å²) in [7, 11) is 0. The lowest BCUT2D eigenvalue weighted by molar-refractivity contribution is 0.235. The molecule has 0 aromatic rings. The molecule has 0 aromatic heterocycles. The number of nitrogens with two attached hydrogens (primary N) is 1. The Morgan fingerprint density at radius 1 is 0.947 bits per heavy atom. The zero-order valence-corrected chi connectivity index (χ0v) is 12.2. The minimum absolute atomic E-state index is 0.437. The number of nitrogens with one attached hydrogen (secondary N) is 1. The third-order valence-corrected chi connectivity index (χ3v) is 7.05. The zero-order chi connectivity index (χ0) is 12.9. The maximum absolute atomic E-state index is 6.16. The van der Waals surface area contributed by atoms with Gasteiger partial charge in [0, 0.05) is 12.6 Å². The molecular weight excluding hydrogens is 232 g/mol. The third-order valence-electron chi connectivity index (χ3n) is 7.05. The van der Waals surface area contributed by atoms with E-state index in [0.717, 1.165) is 36.3 Å². The summed E-state index contributed by atoms with van der Waals surface area (Å²) in [6, 6.07) is 0.887. The van der Waals surface area contributed by atoms with Gasteiger partial charge in [0.15, 0.2) is 0 Å². The summed E-state index contributed by atoms with van der Waals surface area (Å²) in [5.41, 5.74) is 6.59. The first-order chi connectivity index (χ1) is 9.33. The van der Waals surface area contributed by atoms with E-state index in [1.807, 2.05) is 0 Å². The SMILES string of the molecule is NCC1(CNC2C3C4CCC(C4)C23)CCCCCC1. The largest absolute Gasteiger partial charge is 0.330 e. The average molecular weight is 262 g/mol. The molecule has 0 radical (unpaired) electrons. The molecule has 108 valence electrons. The third kappa shape index (κ3) is 2.06. The van der Waals surface area contributed by atoms with Crippen molar-refractivity contribution in [1.82, 2.24) is 5.32 Å². The van der Waals surface area contributed by atoms with Gasteiger partial charge in [-0.05, 0) is 67.7 Å². The van der Waals surface area contributed by atoms with Crippen LogP contribution in [0.25, 0.3) is 0 Å². The van der Waals surface area contributed by atoms with Crippen LogP contribution in [0.3, 0.4) is 0 Å². The minimum Gasteiger partial charge on any atom is -0.330 e. The van der Waals surface area contributed by atoms with Crippen LogP contribution in [-0.2, 0) is 0 Å². The molecule has 2 heteroatoms. The van der Waals surface area contributed by atoms with Crippen LogP contribution in [0, 0.1) is 29.1 Å². The van der Waals surface area contributed by atoms with E-state index < -0.39 is 0 Å². The second-order valence-electron chi connectivity index (χ2n) is 8.01. The molecule has 4 saturated carbocycles. The van der Waals surface area contributed by atoms with Crippen molar-refractivity contribution in [1.29, 1.82) is 0 Å². The Balaban J connectivity index is 1.34. The topological polar surface area (TPSA) is 38.0 Å². The first-order valence-electron chi connectivity index (χ1n) is 8.76. The highest BCUT2D eigenvalue weighted by atomic mass is 15.0. The lowest BCUT2D eigenvalue weighted by atomic mass is 9.80. The van der Waals surface area contributed by atoms with E-state index in [-0.39, 0.29) is 0 Å². The standard InChI is InChI=1S/C17H30N2/c18-10-17(7-3-1-2-4-8-17)11-19-16-14-12-5-6-13(9-12)15(14)16/h12-16,19H,1-11,18H2. The van der Waals surface area contributed by atoms with Crippen molar-refractivity contribution < 1.29 is 0 Å². The van der Waals surface area contributed by atoms with Gasteiger partial charge in [-0.15, -0.1) is 0 Å². The molecule has 4 atom stereocenters. The van der Waals surface area contributed by atoms with Gasteiger partial charge < -0.3 is 11.1 Å². The van der Waals surface area contributed by atoms with Gasteiger partial charge in [-0.1, -0.05) is 25.7 Å². The van der Waals surface area contributed by atoms with Crippen molar-refractivity contribution in [3.63, 3.8) is 0 Å². The molecule has 4 aliphatic carbocycles. The summed E-state index contributed by atoms with van der Waals surface area (Å²) in [6.07, 6.45) is 13.0. The molecule has 0 aliphatic heterocycles. The molecule has 0 spiro atoms. The fraction of sp³-hybridized carbons (Fsp3) is 1.00. The maximum Gasteiger partial charge on any atom is 0.0136 e. The van der Waals surface area contributed by atoms with E-state index in [1.165, 1.54) is 57.9 Å². The van der Waals surface area contributed by atoms with Gasteiger partial charge in [0.2, 0.25) is 0 Å². The Morgan fingerprint density at radius 3 is 2.16 bits per heavy atom. The summed E-state index contributed by atoms with van der Waals surface area (Å²) >= 11 is 0. The first kappa shape index (κ1) is 12.6. The Bertz CT molecular complexity index is 316. The molecule has 0 amide bonds. The molecule has 19 heavy (non-hydrogen) atoms. The molecule has 0 heterocycles. The molecule has 4 rings (SSSR count). The average Bonchev–Trinajstić information content (AvgIpc) is 2.95. The van der Waals surface area contributed by atoms with Crippen molar-refractivity contribution in [2.45, 2.75) is 63.8 Å². The van der Waals surface area contributed by atoms with Crippen LogP contribution >= 0.6 is 0 Å². The molecule has 0 aromatic carbocycles. The Hall–Kier alpha value is -0.0800. The highest BCUT2D eigenvalue weighted by Crippen LogP contribution is 2.65. The van der Waals surface area contributed by atoms with Gasteiger partial charge in [-0.3, -0.25) is 0 Å².